The minimum absolute atomic E-state index is 0.0962. The fourth-order valence-corrected chi connectivity index (χ4v) is 2.81. The molecule has 0 aliphatic carbocycles. The Morgan fingerprint density at radius 1 is 0.857 bits per heavy atom. The first-order valence-corrected chi connectivity index (χ1v) is 11.2. The molecule has 0 aliphatic rings. The zero-order valence-electron chi connectivity index (χ0n) is 18.1. The van der Waals surface area contributed by atoms with Crippen molar-refractivity contribution in [2.45, 2.75) is 103 Å². The first kappa shape index (κ1) is 26.6. The van der Waals surface area contributed by atoms with Gasteiger partial charge in [-0.15, -0.1) is 0 Å². The fraction of sp³-hybridized carbons (Fsp3) is 0.708. The van der Waals surface area contributed by atoms with Gasteiger partial charge in [-0.1, -0.05) is 82.4 Å². The van der Waals surface area contributed by atoms with E-state index in [4.69, 9.17) is 0 Å². The molecule has 0 fully saturated rings. The van der Waals surface area contributed by atoms with E-state index in [1.54, 1.807) is 6.08 Å². The third kappa shape index (κ3) is 16.8. The van der Waals surface area contributed by atoms with Crippen LogP contribution in [-0.2, 0) is 4.79 Å². The van der Waals surface area contributed by atoms with E-state index in [0.29, 0.717) is 6.42 Å². The quantitative estimate of drug-likeness (QED) is 0.221. The minimum atomic E-state index is -0.837. The number of carbonyl (C=O) groups is 1. The molecule has 0 heterocycles. The molecule has 4 nitrogen and oxygen atoms in total. The van der Waals surface area contributed by atoms with Crippen molar-refractivity contribution in [1.82, 2.24) is 5.32 Å². The van der Waals surface area contributed by atoms with Crippen molar-refractivity contribution in [2.75, 3.05) is 6.61 Å². The molecule has 4 heteroatoms. The lowest BCUT2D eigenvalue weighted by Crippen LogP contribution is -2.45. The molecule has 1 amide bonds. The summed E-state index contributed by atoms with van der Waals surface area (Å²) in [7, 11) is 0. The number of aliphatic hydroxyl groups excluding tert-OH is 2. The van der Waals surface area contributed by atoms with E-state index < -0.39 is 12.1 Å². The normalized spacial score (nSPS) is 14.3. The summed E-state index contributed by atoms with van der Waals surface area (Å²) in [5, 5.41) is 22.1. The molecule has 0 aromatic rings. The first-order chi connectivity index (χ1) is 13.7. The standard InChI is InChI=1S/C24H43NO3/c1-3-5-7-8-9-10-11-12-13-14-15-16-18-20-24(28)25-22(21-26)23(27)19-17-6-4-2/h7-8,10-11,17,19,22-23,26-27H,3-6,9,12-16,18,20-21H2,1-2H3,(H,25,28)/b8-7-,11-10-,19-17+. The summed E-state index contributed by atoms with van der Waals surface area (Å²) >= 11 is 0. The smallest absolute Gasteiger partial charge is 0.220 e. The van der Waals surface area contributed by atoms with E-state index in [1.807, 2.05) is 6.08 Å². The van der Waals surface area contributed by atoms with Crippen LogP contribution in [0.1, 0.15) is 90.9 Å². The van der Waals surface area contributed by atoms with Gasteiger partial charge in [-0.2, -0.15) is 0 Å². The van der Waals surface area contributed by atoms with Crippen LogP contribution in [0.2, 0.25) is 0 Å². The van der Waals surface area contributed by atoms with E-state index in [2.05, 4.69) is 43.5 Å². The molecule has 28 heavy (non-hydrogen) atoms. The number of aliphatic hydroxyl groups is 2. The van der Waals surface area contributed by atoms with Crippen molar-refractivity contribution in [1.29, 1.82) is 0 Å². The van der Waals surface area contributed by atoms with Crippen LogP contribution in [-0.4, -0.2) is 34.9 Å². The highest BCUT2D eigenvalue weighted by Gasteiger charge is 2.17. The molecular formula is C24H43NO3. The Kier molecular flexibility index (Phi) is 19.3. The van der Waals surface area contributed by atoms with Crippen molar-refractivity contribution in [2.24, 2.45) is 0 Å². The van der Waals surface area contributed by atoms with Gasteiger partial charge in [0.05, 0.1) is 18.8 Å². The summed E-state index contributed by atoms with van der Waals surface area (Å²) in [6, 6.07) is -0.621. The number of unbranched alkanes of at least 4 members (excludes halogenated alkanes) is 7. The van der Waals surface area contributed by atoms with Gasteiger partial charge in [-0.05, 0) is 38.5 Å². The molecule has 2 unspecified atom stereocenters. The maximum absolute atomic E-state index is 12.0. The van der Waals surface area contributed by atoms with Crippen LogP contribution in [0.4, 0.5) is 0 Å². The van der Waals surface area contributed by atoms with Gasteiger partial charge in [0.15, 0.2) is 0 Å². The molecule has 2 atom stereocenters. The van der Waals surface area contributed by atoms with E-state index in [9.17, 15) is 15.0 Å². The Morgan fingerprint density at radius 2 is 1.46 bits per heavy atom. The molecule has 3 N–H and O–H groups in total. The van der Waals surface area contributed by atoms with E-state index in [-0.39, 0.29) is 12.5 Å². The van der Waals surface area contributed by atoms with Crippen LogP contribution in [0.15, 0.2) is 36.5 Å². The lowest BCUT2D eigenvalue weighted by Gasteiger charge is -2.19. The van der Waals surface area contributed by atoms with Gasteiger partial charge in [-0.25, -0.2) is 0 Å². The van der Waals surface area contributed by atoms with E-state index >= 15 is 0 Å². The van der Waals surface area contributed by atoms with Gasteiger partial charge in [0.1, 0.15) is 0 Å². The summed E-state index contributed by atoms with van der Waals surface area (Å²) in [5.74, 6) is -0.0962. The molecular weight excluding hydrogens is 350 g/mol. The third-order valence-electron chi connectivity index (χ3n) is 4.58. The molecule has 0 spiro atoms. The largest absolute Gasteiger partial charge is 0.394 e. The van der Waals surface area contributed by atoms with Gasteiger partial charge in [0.25, 0.3) is 0 Å². The number of allylic oxidation sites excluding steroid dienone is 5. The second-order valence-electron chi connectivity index (χ2n) is 7.34. The van der Waals surface area contributed by atoms with Gasteiger partial charge < -0.3 is 15.5 Å². The Morgan fingerprint density at radius 3 is 2.14 bits per heavy atom. The Hall–Kier alpha value is -1.39. The highest BCUT2D eigenvalue weighted by molar-refractivity contribution is 5.76. The Bertz CT molecular complexity index is 443. The summed E-state index contributed by atoms with van der Waals surface area (Å²) in [5.41, 5.74) is 0. The molecule has 162 valence electrons. The first-order valence-electron chi connectivity index (χ1n) is 11.2. The topological polar surface area (TPSA) is 69.6 Å². The van der Waals surface area contributed by atoms with Crippen LogP contribution in [0.25, 0.3) is 0 Å². The predicted octanol–water partition coefficient (Wildman–Crippen LogP) is 5.21. The van der Waals surface area contributed by atoms with Crippen molar-refractivity contribution >= 4 is 5.91 Å². The van der Waals surface area contributed by atoms with Crippen LogP contribution >= 0.6 is 0 Å². The van der Waals surface area contributed by atoms with Crippen molar-refractivity contribution < 1.29 is 15.0 Å². The number of amides is 1. The second-order valence-corrected chi connectivity index (χ2v) is 7.34. The van der Waals surface area contributed by atoms with Crippen molar-refractivity contribution in [3.63, 3.8) is 0 Å². The van der Waals surface area contributed by atoms with Gasteiger partial charge >= 0.3 is 0 Å². The second kappa shape index (κ2) is 20.3. The minimum Gasteiger partial charge on any atom is -0.394 e. The molecule has 0 saturated heterocycles. The maximum atomic E-state index is 12.0. The number of hydrogen-bond acceptors (Lipinski definition) is 3. The number of hydrogen-bond donors (Lipinski definition) is 3. The zero-order valence-corrected chi connectivity index (χ0v) is 18.1. The predicted molar refractivity (Wildman–Crippen MR) is 119 cm³/mol. The SMILES string of the molecule is CCC/C=C\C/C=C\CCCCCCCC(=O)NC(CO)C(O)/C=C/CCC. The summed E-state index contributed by atoms with van der Waals surface area (Å²) in [6.07, 6.45) is 24.0. The lowest BCUT2D eigenvalue weighted by atomic mass is 10.1. The molecule has 0 radical (unpaired) electrons. The molecule has 0 aromatic heterocycles. The van der Waals surface area contributed by atoms with E-state index in [1.165, 1.54) is 25.7 Å². The molecule has 0 rings (SSSR count). The van der Waals surface area contributed by atoms with Gasteiger partial charge in [0.2, 0.25) is 5.91 Å². The summed E-state index contributed by atoms with van der Waals surface area (Å²) in [6.45, 7) is 3.99. The molecule has 0 bridgehead atoms. The van der Waals surface area contributed by atoms with Crippen LogP contribution in [0.3, 0.4) is 0 Å². The fourth-order valence-electron chi connectivity index (χ4n) is 2.81. The van der Waals surface area contributed by atoms with Gasteiger partial charge in [0, 0.05) is 6.42 Å². The van der Waals surface area contributed by atoms with Crippen LogP contribution < -0.4 is 5.32 Å². The van der Waals surface area contributed by atoms with Crippen LogP contribution in [0.5, 0.6) is 0 Å². The monoisotopic (exact) mass is 393 g/mol. The van der Waals surface area contributed by atoms with E-state index in [0.717, 1.165) is 44.9 Å². The summed E-state index contributed by atoms with van der Waals surface area (Å²) in [4.78, 5) is 12.0. The molecule has 0 aliphatic heterocycles. The van der Waals surface area contributed by atoms with Crippen LogP contribution in [0, 0.1) is 0 Å². The van der Waals surface area contributed by atoms with Crippen molar-refractivity contribution in [3.8, 4) is 0 Å². The third-order valence-corrected chi connectivity index (χ3v) is 4.58. The molecule has 0 aromatic carbocycles. The number of carbonyl (C=O) groups excluding carboxylic acids is 1. The number of nitrogens with one attached hydrogen (secondary N) is 1. The average molecular weight is 394 g/mol. The highest BCUT2D eigenvalue weighted by atomic mass is 16.3. The lowest BCUT2D eigenvalue weighted by molar-refractivity contribution is -0.123. The zero-order chi connectivity index (χ0) is 20.9. The average Bonchev–Trinajstić information content (AvgIpc) is 2.69. The van der Waals surface area contributed by atoms with Gasteiger partial charge in [-0.3, -0.25) is 4.79 Å². The summed E-state index contributed by atoms with van der Waals surface area (Å²) < 4.78 is 0. The number of rotatable bonds is 18. The highest BCUT2D eigenvalue weighted by Crippen LogP contribution is 2.08. The maximum Gasteiger partial charge on any atom is 0.220 e. The Balaban J connectivity index is 3.69. The van der Waals surface area contributed by atoms with Crippen molar-refractivity contribution in [3.05, 3.63) is 36.5 Å². The Labute approximate surface area is 172 Å². The molecule has 0 saturated carbocycles.